The molecule has 4 heteroatoms. The Labute approximate surface area is 100 Å². The first kappa shape index (κ1) is 11.6. The van der Waals surface area contributed by atoms with Crippen LogP contribution in [-0.2, 0) is 6.42 Å². The van der Waals surface area contributed by atoms with Crippen LogP contribution in [0.15, 0.2) is 17.0 Å². The van der Waals surface area contributed by atoms with E-state index in [0.29, 0.717) is 5.94 Å². The highest BCUT2D eigenvalue weighted by atomic mass is 32.2. The van der Waals surface area contributed by atoms with Gasteiger partial charge in [0.05, 0.1) is 12.0 Å². The van der Waals surface area contributed by atoms with Gasteiger partial charge < -0.3 is 15.2 Å². The van der Waals surface area contributed by atoms with Crippen molar-refractivity contribution in [3.05, 3.63) is 17.7 Å². The van der Waals surface area contributed by atoms with Crippen LogP contribution in [0.4, 0.5) is 0 Å². The lowest BCUT2D eigenvalue weighted by molar-refractivity contribution is 0.388. The highest BCUT2D eigenvalue weighted by Crippen LogP contribution is 2.40. The highest BCUT2D eigenvalue weighted by molar-refractivity contribution is 7.99. The minimum absolute atomic E-state index is 0.713. The topological polar surface area (TPSA) is 44.5 Å². The van der Waals surface area contributed by atoms with E-state index in [-0.39, 0.29) is 0 Å². The van der Waals surface area contributed by atoms with Crippen LogP contribution in [0.3, 0.4) is 0 Å². The maximum Gasteiger partial charge on any atom is 0.138 e. The van der Waals surface area contributed by atoms with E-state index in [2.05, 4.69) is 12.1 Å². The number of fused-ring (bicyclic) bond motifs is 1. The first-order valence-electron chi connectivity index (χ1n) is 5.51. The van der Waals surface area contributed by atoms with E-state index in [9.17, 15) is 0 Å². The third kappa shape index (κ3) is 2.44. The van der Waals surface area contributed by atoms with Crippen molar-refractivity contribution < 1.29 is 9.47 Å². The smallest absolute Gasteiger partial charge is 0.138 e. The van der Waals surface area contributed by atoms with Gasteiger partial charge in [-0.1, -0.05) is 11.8 Å². The van der Waals surface area contributed by atoms with Crippen molar-refractivity contribution in [2.24, 2.45) is 5.73 Å². The Morgan fingerprint density at radius 3 is 3.06 bits per heavy atom. The second kappa shape index (κ2) is 5.46. The Morgan fingerprint density at radius 1 is 1.44 bits per heavy atom. The minimum Gasteiger partial charge on any atom is -0.496 e. The number of thioether (sulfide) groups is 1. The predicted molar refractivity (Wildman–Crippen MR) is 66.3 cm³/mol. The molecule has 0 unspecified atom stereocenters. The van der Waals surface area contributed by atoms with Crippen LogP contribution in [0.25, 0.3) is 0 Å². The largest absolute Gasteiger partial charge is 0.496 e. The van der Waals surface area contributed by atoms with Gasteiger partial charge in [-0.3, -0.25) is 0 Å². The second-order valence-electron chi connectivity index (χ2n) is 3.76. The Morgan fingerprint density at radius 2 is 2.31 bits per heavy atom. The number of rotatable bonds is 5. The summed E-state index contributed by atoms with van der Waals surface area (Å²) in [6.07, 6.45) is 3.15. The summed E-state index contributed by atoms with van der Waals surface area (Å²) in [6.45, 7) is 0.750. The van der Waals surface area contributed by atoms with Gasteiger partial charge >= 0.3 is 0 Å². The standard InChI is InChI=1S/C12H17NO2S/c1-14-10-7-12-11(15-8-16-12)6-9(10)4-2-3-5-13/h6-7H,2-5,8,13H2,1H3. The molecule has 2 N–H and O–H groups in total. The predicted octanol–water partition coefficient (Wildman–Crippen LogP) is 2.42. The molecule has 1 aliphatic rings. The number of nitrogens with two attached hydrogens (primary N) is 1. The van der Waals surface area contributed by atoms with E-state index < -0.39 is 0 Å². The summed E-state index contributed by atoms with van der Waals surface area (Å²) in [5.41, 5.74) is 6.71. The van der Waals surface area contributed by atoms with Crippen molar-refractivity contribution in [1.29, 1.82) is 0 Å². The van der Waals surface area contributed by atoms with E-state index in [1.165, 1.54) is 10.5 Å². The third-order valence-electron chi connectivity index (χ3n) is 2.68. The molecular formula is C12H17NO2S. The number of unbranched alkanes of at least 4 members (excludes halogenated alkanes) is 1. The van der Waals surface area contributed by atoms with Gasteiger partial charge in [-0.2, -0.15) is 0 Å². The van der Waals surface area contributed by atoms with Crippen molar-refractivity contribution in [3.8, 4) is 11.5 Å². The molecule has 88 valence electrons. The van der Waals surface area contributed by atoms with E-state index >= 15 is 0 Å². The average molecular weight is 239 g/mol. The van der Waals surface area contributed by atoms with Gasteiger partial charge in [0.15, 0.2) is 0 Å². The Kier molecular flexibility index (Phi) is 3.96. The van der Waals surface area contributed by atoms with Gasteiger partial charge in [0, 0.05) is 0 Å². The quantitative estimate of drug-likeness (QED) is 0.801. The molecule has 1 aliphatic heterocycles. The number of hydrogen-bond acceptors (Lipinski definition) is 4. The van der Waals surface area contributed by atoms with Crippen LogP contribution in [0.1, 0.15) is 18.4 Å². The normalized spacial score (nSPS) is 13.4. The number of benzene rings is 1. The van der Waals surface area contributed by atoms with E-state index in [4.69, 9.17) is 15.2 Å². The second-order valence-corrected chi connectivity index (χ2v) is 4.73. The third-order valence-corrected chi connectivity index (χ3v) is 3.54. The maximum absolute atomic E-state index is 5.53. The zero-order chi connectivity index (χ0) is 11.4. The summed E-state index contributed by atoms with van der Waals surface area (Å²) in [5, 5.41) is 0. The van der Waals surface area contributed by atoms with Gasteiger partial charge in [-0.25, -0.2) is 0 Å². The van der Waals surface area contributed by atoms with Gasteiger partial charge in [0.1, 0.15) is 17.4 Å². The molecule has 2 rings (SSSR count). The van der Waals surface area contributed by atoms with Crippen molar-refractivity contribution in [1.82, 2.24) is 0 Å². The first-order valence-corrected chi connectivity index (χ1v) is 6.50. The Bertz CT molecular complexity index is 368. The lowest BCUT2D eigenvalue weighted by Crippen LogP contribution is -2.00. The first-order chi connectivity index (χ1) is 7.85. The fraction of sp³-hybridized carbons (Fsp3) is 0.500. The van der Waals surface area contributed by atoms with Crippen LogP contribution in [0, 0.1) is 0 Å². The average Bonchev–Trinajstić information content (AvgIpc) is 2.75. The van der Waals surface area contributed by atoms with Crippen molar-refractivity contribution in [3.63, 3.8) is 0 Å². The SMILES string of the molecule is COc1cc2c(cc1CCCCN)OCS2. The van der Waals surface area contributed by atoms with Crippen molar-refractivity contribution in [2.75, 3.05) is 19.6 Å². The van der Waals surface area contributed by atoms with E-state index in [1.54, 1.807) is 18.9 Å². The van der Waals surface area contributed by atoms with E-state index in [0.717, 1.165) is 37.3 Å². The molecule has 1 aromatic carbocycles. The zero-order valence-electron chi connectivity index (χ0n) is 9.49. The Hall–Kier alpha value is -0.870. The molecular weight excluding hydrogens is 222 g/mol. The van der Waals surface area contributed by atoms with Gasteiger partial charge in [0.2, 0.25) is 0 Å². The Balaban J connectivity index is 2.15. The molecule has 16 heavy (non-hydrogen) atoms. The molecule has 0 saturated carbocycles. The molecule has 0 aromatic heterocycles. The van der Waals surface area contributed by atoms with Crippen LogP contribution >= 0.6 is 11.8 Å². The van der Waals surface area contributed by atoms with Crippen molar-refractivity contribution >= 4 is 11.8 Å². The van der Waals surface area contributed by atoms with Gasteiger partial charge in [0.25, 0.3) is 0 Å². The van der Waals surface area contributed by atoms with Crippen molar-refractivity contribution in [2.45, 2.75) is 24.2 Å². The molecule has 0 bridgehead atoms. The van der Waals surface area contributed by atoms with Crippen LogP contribution in [-0.4, -0.2) is 19.6 Å². The monoisotopic (exact) mass is 239 g/mol. The van der Waals surface area contributed by atoms with E-state index in [1.807, 2.05) is 0 Å². The highest BCUT2D eigenvalue weighted by Gasteiger charge is 2.16. The summed E-state index contributed by atoms with van der Waals surface area (Å²) in [6, 6.07) is 4.18. The molecule has 0 amide bonds. The lowest BCUT2D eigenvalue weighted by Gasteiger charge is -2.10. The molecule has 1 heterocycles. The van der Waals surface area contributed by atoms with Crippen LogP contribution in [0.5, 0.6) is 11.5 Å². The molecule has 0 saturated heterocycles. The minimum atomic E-state index is 0.713. The van der Waals surface area contributed by atoms with Gasteiger partial charge in [-0.05, 0) is 43.5 Å². The lowest BCUT2D eigenvalue weighted by atomic mass is 10.1. The number of methoxy groups -OCH3 is 1. The molecule has 0 aliphatic carbocycles. The molecule has 0 atom stereocenters. The molecule has 1 aromatic rings. The molecule has 3 nitrogen and oxygen atoms in total. The maximum atomic E-state index is 5.53. The summed E-state index contributed by atoms with van der Waals surface area (Å²) in [7, 11) is 1.72. The summed E-state index contributed by atoms with van der Waals surface area (Å²) in [4.78, 5) is 1.18. The zero-order valence-corrected chi connectivity index (χ0v) is 10.3. The van der Waals surface area contributed by atoms with Crippen LogP contribution in [0.2, 0.25) is 0 Å². The fourth-order valence-corrected chi connectivity index (χ4v) is 2.57. The number of aryl methyl sites for hydroxylation is 1. The van der Waals surface area contributed by atoms with Gasteiger partial charge in [-0.15, -0.1) is 0 Å². The fourth-order valence-electron chi connectivity index (χ4n) is 1.81. The van der Waals surface area contributed by atoms with Crippen LogP contribution < -0.4 is 15.2 Å². The summed E-state index contributed by atoms with van der Waals surface area (Å²) >= 11 is 1.71. The summed E-state index contributed by atoms with van der Waals surface area (Å²) < 4.78 is 10.9. The molecule has 0 fully saturated rings. The summed E-state index contributed by atoms with van der Waals surface area (Å²) in [5.74, 6) is 2.67. The molecule has 0 spiro atoms. The molecule has 0 radical (unpaired) electrons. The number of ether oxygens (including phenoxy) is 2. The number of hydrogen-bond donors (Lipinski definition) is 1.